The molecule has 33 heavy (non-hydrogen) atoms. The van der Waals surface area contributed by atoms with Crippen molar-refractivity contribution in [2.45, 2.75) is 58.4 Å². The van der Waals surface area contributed by atoms with Crippen molar-refractivity contribution in [3.05, 3.63) is 65.3 Å². The van der Waals surface area contributed by atoms with Crippen molar-refractivity contribution in [3.63, 3.8) is 0 Å². The fourth-order valence-corrected chi connectivity index (χ4v) is 4.16. The third-order valence-corrected chi connectivity index (χ3v) is 5.69. The predicted octanol–water partition coefficient (Wildman–Crippen LogP) is 6.60. The van der Waals surface area contributed by atoms with Gasteiger partial charge in [0.25, 0.3) is 0 Å². The number of rotatable bonds is 4. The summed E-state index contributed by atoms with van der Waals surface area (Å²) >= 11 is 6.08. The van der Waals surface area contributed by atoms with Gasteiger partial charge in [0, 0.05) is 16.6 Å². The number of carbonyl (C=O) groups is 1. The highest BCUT2D eigenvalue weighted by Gasteiger charge is 2.45. The average Bonchev–Trinajstić information content (AvgIpc) is 3.02. The molecule has 2 heterocycles. The molecule has 2 aromatic carbocycles. The van der Waals surface area contributed by atoms with Gasteiger partial charge < -0.3 is 14.2 Å². The van der Waals surface area contributed by atoms with E-state index in [0.717, 1.165) is 16.5 Å². The smallest absolute Gasteiger partial charge is 0.412 e. The molecule has 1 aliphatic heterocycles. The summed E-state index contributed by atoms with van der Waals surface area (Å²) in [6.45, 7) is 9.83. The van der Waals surface area contributed by atoms with E-state index >= 15 is 0 Å². The molecule has 1 atom stereocenters. The first-order valence-electron chi connectivity index (χ1n) is 11.0. The summed E-state index contributed by atoms with van der Waals surface area (Å²) in [5.74, 6) is 1.43. The standard InChI is InChI=1S/C26H29ClN2O4/c1-25(2,3)33-24(30)29-19(16-31-26(29,4)5)14-17-6-9-20(10-7-17)32-23-12-13-28-22-15-18(27)8-11-21(22)23/h6-13,15,19H,14,16H2,1-5H3/t19-/m0/s1. The van der Waals surface area contributed by atoms with Crippen molar-refractivity contribution < 1.29 is 19.0 Å². The molecule has 1 amide bonds. The Morgan fingerprint density at radius 2 is 1.91 bits per heavy atom. The second-order valence-electron chi connectivity index (χ2n) is 9.68. The Bertz CT molecular complexity index is 1160. The first-order valence-corrected chi connectivity index (χ1v) is 11.4. The molecule has 7 heteroatoms. The highest BCUT2D eigenvalue weighted by Crippen LogP contribution is 2.33. The fourth-order valence-electron chi connectivity index (χ4n) is 3.99. The predicted molar refractivity (Wildman–Crippen MR) is 129 cm³/mol. The van der Waals surface area contributed by atoms with Crippen LogP contribution >= 0.6 is 11.6 Å². The minimum atomic E-state index is -0.721. The van der Waals surface area contributed by atoms with E-state index in [9.17, 15) is 4.79 Å². The molecule has 174 valence electrons. The number of ether oxygens (including phenoxy) is 3. The Kier molecular flexibility index (Phi) is 6.25. The van der Waals surface area contributed by atoms with Crippen molar-refractivity contribution in [2.75, 3.05) is 6.61 Å². The number of fused-ring (bicyclic) bond motifs is 1. The van der Waals surface area contributed by atoms with Crippen molar-refractivity contribution in [1.82, 2.24) is 9.88 Å². The number of hydrogen-bond donors (Lipinski definition) is 0. The maximum Gasteiger partial charge on any atom is 0.412 e. The van der Waals surface area contributed by atoms with Crippen LogP contribution in [0.15, 0.2) is 54.7 Å². The molecule has 1 saturated heterocycles. The van der Waals surface area contributed by atoms with Crippen LogP contribution in [0, 0.1) is 0 Å². The normalized spacial score (nSPS) is 17.9. The minimum Gasteiger partial charge on any atom is -0.457 e. The van der Waals surface area contributed by atoms with Crippen molar-refractivity contribution in [3.8, 4) is 11.5 Å². The summed E-state index contributed by atoms with van der Waals surface area (Å²) in [7, 11) is 0. The van der Waals surface area contributed by atoms with Crippen LogP contribution in [0.1, 0.15) is 40.2 Å². The van der Waals surface area contributed by atoms with Crippen molar-refractivity contribution in [1.29, 1.82) is 0 Å². The number of pyridine rings is 1. The minimum absolute atomic E-state index is 0.115. The van der Waals surface area contributed by atoms with Gasteiger partial charge in [0.1, 0.15) is 22.8 Å². The molecule has 0 spiro atoms. The van der Waals surface area contributed by atoms with E-state index in [1.54, 1.807) is 11.1 Å². The Balaban J connectivity index is 1.48. The third-order valence-electron chi connectivity index (χ3n) is 5.45. The van der Waals surface area contributed by atoms with Gasteiger partial charge in [-0.2, -0.15) is 0 Å². The van der Waals surface area contributed by atoms with Crippen LogP contribution in [0.25, 0.3) is 10.9 Å². The van der Waals surface area contributed by atoms with Gasteiger partial charge in [-0.25, -0.2) is 4.79 Å². The number of amides is 1. The molecule has 0 radical (unpaired) electrons. The van der Waals surface area contributed by atoms with E-state index in [1.165, 1.54) is 0 Å². The van der Waals surface area contributed by atoms with Gasteiger partial charge in [-0.3, -0.25) is 9.88 Å². The maximum atomic E-state index is 12.9. The van der Waals surface area contributed by atoms with Crippen LogP contribution in [0.4, 0.5) is 4.79 Å². The molecule has 4 rings (SSSR count). The Morgan fingerprint density at radius 1 is 1.18 bits per heavy atom. The lowest BCUT2D eigenvalue weighted by Gasteiger charge is -2.35. The zero-order valence-corrected chi connectivity index (χ0v) is 20.3. The molecular weight excluding hydrogens is 440 g/mol. The first-order chi connectivity index (χ1) is 15.5. The van der Waals surface area contributed by atoms with Gasteiger partial charge in [0.2, 0.25) is 0 Å². The SMILES string of the molecule is CC(C)(C)OC(=O)N1[C@@H](Cc2ccc(Oc3ccnc4cc(Cl)ccc34)cc2)COC1(C)C. The molecule has 0 bridgehead atoms. The van der Waals surface area contributed by atoms with Gasteiger partial charge in [0.05, 0.1) is 18.2 Å². The lowest BCUT2D eigenvalue weighted by atomic mass is 10.0. The van der Waals surface area contributed by atoms with Gasteiger partial charge in [0.15, 0.2) is 0 Å². The van der Waals surface area contributed by atoms with Gasteiger partial charge in [-0.1, -0.05) is 23.7 Å². The van der Waals surface area contributed by atoms with E-state index in [4.69, 9.17) is 25.8 Å². The number of benzene rings is 2. The Hall–Kier alpha value is -2.83. The molecule has 1 aliphatic rings. The quantitative estimate of drug-likeness (QED) is 0.432. The Labute approximate surface area is 199 Å². The van der Waals surface area contributed by atoms with Crippen LogP contribution in [-0.2, 0) is 15.9 Å². The summed E-state index contributed by atoms with van der Waals surface area (Å²) < 4.78 is 17.6. The number of aromatic nitrogens is 1. The molecule has 1 fully saturated rings. The number of carbonyl (C=O) groups excluding carboxylic acids is 1. The summed E-state index contributed by atoms with van der Waals surface area (Å²) in [5, 5.41) is 1.53. The number of nitrogens with zero attached hydrogens (tertiary/aromatic N) is 2. The molecular formula is C26H29ClN2O4. The molecule has 0 saturated carbocycles. The van der Waals surface area contributed by atoms with Crippen LogP contribution < -0.4 is 4.74 Å². The van der Waals surface area contributed by atoms with E-state index in [2.05, 4.69) is 4.98 Å². The molecule has 0 N–H and O–H groups in total. The molecule has 3 aromatic rings. The summed E-state index contributed by atoms with van der Waals surface area (Å²) in [5.41, 5.74) is 0.569. The van der Waals surface area contributed by atoms with Crippen molar-refractivity contribution >= 4 is 28.6 Å². The Morgan fingerprint density at radius 3 is 2.61 bits per heavy atom. The van der Waals surface area contributed by atoms with Gasteiger partial charge in [-0.15, -0.1) is 0 Å². The van der Waals surface area contributed by atoms with Crippen molar-refractivity contribution in [2.24, 2.45) is 0 Å². The second-order valence-corrected chi connectivity index (χ2v) is 10.1. The number of hydrogen-bond acceptors (Lipinski definition) is 5. The van der Waals surface area contributed by atoms with Gasteiger partial charge >= 0.3 is 6.09 Å². The van der Waals surface area contributed by atoms with Crippen LogP contribution in [0.5, 0.6) is 11.5 Å². The average molecular weight is 469 g/mol. The highest BCUT2D eigenvalue weighted by molar-refractivity contribution is 6.31. The zero-order valence-electron chi connectivity index (χ0n) is 19.6. The largest absolute Gasteiger partial charge is 0.457 e. The lowest BCUT2D eigenvalue weighted by Crippen LogP contribution is -2.50. The summed E-state index contributed by atoms with van der Waals surface area (Å²) in [4.78, 5) is 18.9. The fraction of sp³-hybridized carbons (Fsp3) is 0.385. The second kappa shape index (κ2) is 8.84. The monoisotopic (exact) mass is 468 g/mol. The van der Waals surface area contributed by atoms with E-state index in [0.29, 0.717) is 29.5 Å². The maximum absolute atomic E-state index is 12.9. The summed E-state index contributed by atoms with van der Waals surface area (Å²) in [6.07, 6.45) is 1.99. The zero-order chi connectivity index (χ0) is 23.8. The first kappa shape index (κ1) is 23.3. The van der Waals surface area contributed by atoms with Crippen LogP contribution in [-0.4, -0.2) is 40.0 Å². The molecule has 0 aliphatic carbocycles. The van der Waals surface area contributed by atoms with Gasteiger partial charge in [-0.05, 0) is 83.0 Å². The van der Waals surface area contributed by atoms with Crippen LogP contribution in [0.3, 0.4) is 0 Å². The number of halogens is 1. The lowest BCUT2D eigenvalue weighted by molar-refractivity contribution is -0.0624. The van der Waals surface area contributed by atoms with Crippen LogP contribution in [0.2, 0.25) is 5.02 Å². The topological polar surface area (TPSA) is 60.9 Å². The van der Waals surface area contributed by atoms with E-state index < -0.39 is 11.3 Å². The molecule has 6 nitrogen and oxygen atoms in total. The summed E-state index contributed by atoms with van der Waals surface area (Å²) in [6, 6.07) is 15.1. The third kappa shape index (κ3) is 5.40. The van der Waals surface area contributed by atoms with E-state index in [1.807, 2.05) is 83.1 Å². The molecule has 0 unspecified atom stereocenters. The van der Waals surface area contributed by atoms with E-state index in [-0.39, 0.29) is 12.1 Å². The highest BCUT2D eigenvalue weighted by atomic mass is 35.5. The molecule has 1 aromatic heterocycles.